The van der Waals surface area contributed by atoms with Crippen LogP contribution in [-0.2, 0) is 11.2 Å². The zero-order valence-electron chi connectivity index (χ0n) is 15.0. The van der Waals surface area contributed by atoms with Crippen LogP contribution in [0.5, 0.6) is 5.75 Å². The number of hydrogen-bond acceptors (Lipinski definition) is 7. The Labute approximate surface area is 155 Å². The molecule has 0 spiro atoms. The van der Waals surface area contributed by atoms with Crippen molar-refractivity contribution in [1.29, 1.82) is 0 Å². The number of carbonyl (C=O) groups is 1. The van der Waals surface area contributed by atoms with Gasteiger partial charge in [0.05, 0.1) is 13.2 Å². The van der Waals surface area contributed by atoms with Gasteiger partial charge in [-0.05, 0) is 30.5 Å². The number of H-pyrrole nitrogens is 1. The quantitative estimate of drug-likeness (QED) is 0.710. The maximum Gasteiger partial charge on any atom is 0.239 e. The summed E-state index contributed by atoms with van der Waals surface area (Å²) in [4.78, 5) is 22.9. The molecule has 0 aliphatic carbocycles. The third-order valence-corrected chi connectivity index (χ3v) is 4.70. The van der Waals surface area contributed by atoms with E-state index in [-0.39, 0.29) is 11.9 Å². The van der Waals surface area contributed by atoms with E-state index >= 15 is 0 Å². The van der Waals surface area contributed by atoms with Crippen molar-refractivity contribution in [3.05, 3.63) is 42.0 Å². The minimum absolute atomic E-state index is 0.0831. The van der Waals surface area contributed by atoms with Gasteiger partial charge >= 0.3 is 0 Å². The van der Waals surface area contributed by atoms with Crippen molar-refractivity contribution in [2.24, 2.45) is 0 Å². The van der Waals surface area contributed by atoms with Gasteiger partial charge in [-0.15, -0.1) is 0 Å². The standard InChI is InChI=1S/C18H20N6O3/c1-26-13-5-2-4-12(10-13)14-6-3-9-24(14)16(25)8-7-15-21-18(23-27-15)17-19-11-20-22-17/h2,4-5,10-11,14H,3,6-9H2,1H3,(H,19,20,22). The Morgan fingerprint density at radius 1 is 1.44 bits per heavy atom. The zero-order chi connectivity index (χ0) is 18.6. The molecule has 1 saturated heterocycles. The molecule has 1 amide bonds. The highest BCUT2D eigenvalue weighted by Crippen LogP contribution is 2.34. The topological polar surface area (TPSA) is 110 Å². The number of carbonyl (C=O) groups excluding carboxylic acids is 1. The Bertz CT molecular complexity index is 907. The summed E-state index contributed by atoms with van der Waals surface area (Å²) in [5.41, 5.74) is 1.10. The van der Waals surface area contributed by atoms with E-state index in [0.717, 1.165) is 30.7 Å². The second kappa shape index (κ2) is 7.56. The molecule has 140 valence electrons. The monoisotopic (exact) mass is 368 g/mol. The number of aromatic nitrogens is 5. The summed E-state index contributed by atoms with van der Waals surface area (Å²) in [7, 11) is 1.65. The van der Waals surface area contributed by atoms with Crippen molar-refractivity contribution in [1.82, 2.24) is 30.2 Å². The molecule has 1 aliphatic rings. The second-order valence-electron chi connectivity index (χ2n) is 6.37. The number of benzene rings is 1. The van der Waals surface area contributed by atoms with Gasteiger partial charge in [-0.2, -0.15) is 10.1 Å². The van der Waals surface area contributed by atoms with Crippen LogP contribution < -0.4 is 4.74 Å². The van der Waals surface area contributed by atoms with Crippen molar-refractivity contribution in [2.45, 2.75) is 31.7 Å². The first-order valence-corrected chi connectivity index (χ1v) is 8.86. The first kappa shape index (κ1) is 17.2. The van der Waals surface area contributed by atoms with Crippen LogP contribution in [0.2, 0.25) is 0 Å². The highest BCUT2D eigenvalue weighted by atomic mass is 16.5. The van der Waals surface area contributed by atoms with E-state index < -0.39 is 0 Å². The summed E-state index contributed by atoms with van der Waals surface area (Å²) in [5.74, 6) is 2.07. The van der Waals surface area contributed by atoms with Gasteiger partial charge in [0.1, 0.15) is 12.1 Å². The lowest BCUT2D eigenvalue weighted by Gasteiger charge is -2.25. The molecule has 2 aromatic heterocycles. The summed E-state index contributed by atoms with van der Waals surface area (Å²) < 4.78 is 10.5. The summed E-state index contributed by atoms with van der Waals surface area (Å²) in [6.45, 7) is 0.758. The van der Waals surface area contributed by atoms with E-state index in [1.165, 1.54) is 6.33 Å². The van der Waals surface area contributed by atoms with E-state index in [0.29, 0.717) is 30.4 Å². The largest absolute Gasteiger partial charge is 0.497 e. The molecule has 9 nitrogen and oxygen atoms in total. The Kier molecular flexibility index (Phi) is 4.82. The van der Waals surface area contributed by atoms with Crippen molar-refractivity contribution >= 4 is 5.91 Å². The molecule has 9 heteroatoms. The predicted molar refractivity (Wildman–Crippen MR) is 94.7 cm³/mol. The maximum absolute atomic E-state index is 12.8. The van der Waals surface area contributed by atoms with Crippen molar-refractivity contribution in [3.8, 4) is 17.4 Å². The molecule has 0 radical (unpaired) electrons. The molecule has 1 atom stereocenters. The Hall–Kier alpha value is -3.23. The molecule has 3 aromatic rings. The third-order valence-electron chi connectivity index (χ3n) is 4.70. The van der Waals surface area contributed by atoms with Crippen molar-refractivity contribution < 1.29 is 14.1 Å². The van der Waals surface area contributed by atoms with E-state index in [4.69, 9.17) is 9.26 Å². The Morgan fingerprint density at radius 2 is 2.37 bits per heavy atom. The van der Waals surface area contributed by atoms with Gasteiger partial charge in [0.2, 0.25) is 17.6 Å². The molecule has 0 bridgehead atoms. The van der Waals surface area contributed by atoms with E-state index in [1.54, 1.807) is 7.11 Å². The first-order valence-electron chi connectivity index (χ1n) is 8.86. The molecular weight excluding hydrogens is 348 g/mol. The summed E-state index contributed by atoms with van der Waals surface area (Å²) in [6.07, 6.45) is 4.03. The SMILES string of the molecule is COc1cccc(C2CCCN2C(=O)CCc2nc(-c3ncn[nH]3)no2)c1. The molecule has 1 fully saturated rings. The molecule has 27 heavy (non-hydrogen) atoms. The van der Waals surface area contributed by atoms with E-state index in [9.17, 15) is 4.79 Å². The van der Waals surface area contributed by atoms with Crippen LogP contribution in [0.4, 0.5) is 0 Å². The molecule has 4 rings (SSSR count). The number of aromatic amines is 1. The summed E-state index contributed by atoms with van der Waals surface area (Å²) in [6, 6.07) is 7.99. The second-order valence-corrected chi connectivity index (χ2v) is 6.37. The fourth-order valence-corrected chi connectivity index (χ4v) is 3.38. The number of amides is 1. The van der Waals surface area contributed by atoms with E-state index in [2.05, 4.69) is 25.3 Å². The Balaban J connectivity index is 1.40. The first-order chi connectivity index (χ1) is 13.2. The highest BCUT2D eigenvalue weighted by molar-refractivity contribution is 5.77. The van der Waals surface area contributed by atoms with Crippen molar-refractivity contribution in [3.63, 3.8) is 0 Å². The Morgan fingerprint density at radius 3 is 3.19 bits per heavy atom. The van der Waals surface area contributed by atoms with Crippen LogP contribution in [0.15, 0.2) is 35.1 Å². The molecule has 0 saturated carbocycles. The molecule has 1 unspecified atom stereocenters. The van der Waals surface area contributed by atoms with Gasteiger partial charge in [0.25, 0.3) is 0 Å². The van der Waals surface area contributed by atoms with Gasteiger partial charge in [0, 0.05) is 19.4 Å². The smallest absolute Gasteiger partial charge is 0.239 e. The lowest BCUT2D eigenvalue weighted by molar-refractivity contribution is -0.132. The van der Waals surface area contributed by atoms with Gasteiger partial charge in [-0.3, -0.25) is 9.89 Å². The van der Waals surface area contributed by atoms with Crippen LogP contribution in [-0.4, -0.2) is 49.8 Å². The van der Waals surface area contributed by atoms with Crippen LogP contribution in [0.3, 0.4) is 0 Å². The minimum Gasteiger partial charge on any atom is -0.497 e. The van der Waals surface area contributed by atoms with E-state index in [1.807, 2.05) is 29.2 Å². The normalized spacial score (nSPS) is 16.6. The number of hydrogen-bond donors (Lipinski definition) is 1. The molecule has 1 aliphatic heterocycles. The third kappa shape index (κ3) is 3.67. The number of likely N-dealkylation sites (tertiary alicyclic amines) is 1. The predicted octanol–water partition coefficient (Wildman–Crippen LogP) is 2.16. The number of nitrogens with zero attached hydrogens (tertiary/aromatic N) is 5. The van der Waals surface area contributed by atoms with Crippen LogP contribution in [0.25, 0.3) is 11.6 Å². The zero-order valence-corrected chi connectivity index (χ0v) is 15.0. The maximum atomic E-state index is 12.8. The fraction of sp³-hybridized carbons (Fsp3) is 0.389. The number of methoxy groups -OCH3 is 1. The number of rotatable bonds is 6. The average molecular weight is 368 g/mol. The van der Waals surface area contributed by atoms with Gasteiger partial charge in [0.15, 0.2) is 5.82 Å². The summed E-state index contributed by atoms with van der Waals surface area (Å²) in [5, 5.41) is 10.3. The van der Waals surface area contributed by atoms with Crippen molar-refractivity contribution in [2.75, 3.05) is 13.7 Å². The average Bonchev–Trinajstić information content (AvgIpc) is 3.47. The molecule has 1 N–H and O–H groups in total. The highest BCUT2D eigenvalue weighted by Gasteiger charge is 2.30. The van der Waals surface area contributed by atoms with Gasteiger partial charge < -0.3 is 14.2 Å². The van der Waals surface area contributed by atoms with Crippen LogP contribution >= 0.6 is 0 Å². The number of aryl methyl sites for hydroxylation is 1. The minimum atomic E-state index is 0.0831. The molecule has 3 heterocycles. The lowest BCUT2D eigenvalue weighted by Crippen LogP contribution is -2.30. The lowest BCUT2D eigenvalue weighted by atomic mass is 10.0. The fourth-order valence-electron chi connectivity index (χ4n) is 3.38. The number of ether oxygens (including phenoxy) is 1. The van der Waals surface area contributed by atoms with Crippen LogP contribution in [0, 0.1) is 0 Å². The van der Waals surface area contributed by atoms with Gasteiger partial charge in [-0.1, -0.05) is 17.3 Å². The van der Waals surface area contributed by atoms with Gasteiger partial charge in [-0.25, -0.2) is 4.98 Å². The number of nitrogens with one attached hydrogen (secondary N) is 1. The molecular formula is C18H20N6O3. The van der Waals surface area contributed by atoms with Crippen LogP contribution in [0.1, 0.15) is 36.8 Å². The molecule has 1 aromatic carbocycles. The summed E-state index contributed by atoms with van der Waals surface area (Å²) >= 11 is 0.